The van der Waals surface area contributed by atoms with Crippen molar-refractivity contribution < 1.29 is 14.3 Å². The van der Waals surface area contributed by atoms with Gasteiger partial charge >= 0.3 is 0 Å². The SMILES string of the molecule is Cc1cc(F)ccc1C(=O)NC1CCCCCC1CO. The molecule has 1 aromatic carbocycles. The lowest BCUT2D eigenvalue weighted by Gasteiger charge is -2.24. The van der Waals surface area contributed by atoms with E-state index in [0.29, 0.717) is 11.1 Å². The monoisotopic (exact) mass is 279 g/mol. The van der Waals surface area contributed by atoms with Crippen LogP contribution in [0.25, 0.3) is 0 Å². The highest BCUT2D eigenvalue weighted by Gasteiger charge is 2.25. The molecule has 2 N–H and O–H groups in total. The van der Waals surface area contributed by atoms with Gasteiger partial charge in [0.25, 0.3) is 5.91 Å². The first-order valence-corrected chi connectivity index (χ1v) is 7.29. The molecule has 3 nitrogen and oxygen atoms in total. The summed E-state index contributed by atoms with van der Waals surface area (Å²) < 4.78 is 13.1. The molecule has 1 aliphatic rings. The van der Waals surface area contributed by atoms with Gasteiger partial charge in [0.15, 0.2) is 0 Å². The van der Waals surface area contributed by atoms with Crippen molar-refractivity contribution in [1.29, 1.82) is 0 Å². The van der Waals surface area contributed by atoms with E-state index in [1.54, 1.807) is 6.92 Å². The second-order valence-corrected chi connectivity index (χ2v) is 5.62. The van der Waals surface area contributed by atoms with E-state index in [4.69, 9.17) is 0 Å². The molecule has 0 spiro atoms. The molecule has 2 unspecified atom stereocenters. The summed E-state index contributed by atoms with van der Waals surface area (Å²) in [6.45, 7) is 1.84. The first-order valence-electron chi connectivity index (χ1n) is 7.29. The molecule has 1 aliphatic carbocycles. The predicted octanol–water partition coefficient (Wildman–Crippen LogP) is 2.81. The Balaban J connectivity index is 2.09. The molecular formula is C16H22FNO2. The number of amides is 1. The molecule has 0 radical (unpaired) electrons. The summed E-state index contributed by atoms with van der Waals surface area (Å²) in [5.74, 6) is -0.378. The number of hydrogen-bond donors (Lipinski definition) is 2. The number of aliphatic hydroxyl groups excluding tert-OH is 1. The predicted molar refractivity (Wildman–Crippen MR) is 76.1 cm³/mol. The molecule has 1 saturated carbocycles. The normalized spacial score (nSPS) is 23.1. The highest BCUT2D eigenvalue weighted by molar-refractivity contribution is 5.95. The number of rotatable bonds is 3. The zero-order chi connectivity index (χ0) is 14.5. The van der Waals surface area contributed by atoms with Crippen molar-refractivity contribution >= 4 is 5.91 Å². The second-order valence-electron chi connectivity index (χ2n) is 5.62. The molecule has 1 fully saturated rings. The molecule has 0 aliphatic heterocycles. The van der Waals surface area contributed by atoms with E-state index in [1.165, 1.54) is 18.2 Å². The minimum Gasteiger partial charge on any atom is -0.396 e. The number of aryl methyl sites for hydroxylation is 1. The number of carbonyl (C=O) groups is 1. The average molecular weight is 279 g/mol. The van der Waals surface area contributed by atoms with Crippen LogP contribution in [0, 0.1) is 18.7 Å². The van der Waals surface area contributed by atoms with Gasteiger partial charge in [-0.3, -0.25) is 4.79 Å². The van der Waals surface area contributed by atoms with E-state index in [0.717, 1.165) is 32.1 Å². The van der Waals surface area contributed by atoms with Gasteiger partial charge in [0.1, 0.15) is 5.82 Å². The van der Waals surface area contributed by atoms with Crippen LogP contribution < -0.4 is 5.32 Å². The first kappa shape index (κ1) is 15.0. The van der Waals surface area contributed by atoms with Gasteiger partial charge in [-0.15, -0.1) is 0 Å². The van der Waals surface area contributed by atoms with Crippen molar-refractivity contribution in [2.45, 2.75) is 45.1 Å². The largest absolute Gasteiger partial charge is 0.396 e. The molecule has 1 amide bonds. The Kier molecular flexibility index (Phi) is 5.12. The van der Waals surface area contributed by atoms with E-state index >= 15 is 0 Å². The smallest absolute Gasteiger partial charge is 0.251 e. The number of carbonyl (C=O) groups excluding carboxylic acids is 1. The topological polar surface area (TPSA) is 49.3 Å². The Morgan fingerprint density at radius 1 is 1.35 bits per heavy atom. The van der Waals surface area contributed by atoms with E-state index in [9.17, 15) is 14.3 Å². The van der Waals surface area contributed by atoms with Crippen molar-refractivity contribution in [3.05, 3.63) is 35.1 Å². The van der Waals surface area contributed by atoms with Gasteiger partial charge < -0.3 is 10.4 Å². The van der Waals surface area contributed by atoms with Crippen LogP contribution in [0.2, 0.25) is 0 Å². The van der Waals surface area contributed by atoms with Crippen LogP contribution in [0.15, 0.2) is 18.2 Å². The number of aliphatic hydroxyl groups is 1. The standard InChI is InChI=1S/C16H22FNO2/c1-11-9-13(17)7-8-14(11)16(20)18-15-6-4-2-3-5-12(15)10-19/h7-9,12,15,19H,2-6,10H2,1H3,(H,18,20). The van der Waals surface area contributed by atoms with Crippen molar-refractivity contribution in [3.63, 3.8) is 0 Å². The molecule has 0 aromatic heterocycles. The Morgan fingerprint density at radius 2 is 2.10 bits per heavy atom. The maximum atomic E-state index is 13.1. The van der Waals surface area contributed by atoms with Crippen LogP contribution in [-0.4, -0.2) is 23.7 Å². The molecule has 1 aromatic rings. The zero-order valence-corrected chi connectivity index (χ0v) is 11.9. The van der Waals surface area contributed by atoms with Gasteiger partial charge in [-0.25, -0.2) is 4.39 Å². The highest BCUT2D eigenvalue weighted by Crippen LogP contribution is 2.23. The number of halogens is 1. The summed E-state index contributed by atoms with van der Waals surface area (Å²) in [6.07, 6.45) is 5.18. The van der Waals surface area contributed by atoms with Crippen LogP contribution in [0.4, 0.5) is 4.39 Å². The van der Waals surface area contributed by atoms with E-state index in [2.05, 4.69) is 5.32 Å². The van der Waals surface area contributed by atoms with Gasteiger partial charge in [0, 0.05) is 24.1 Å². The summed E-state index contributed by atoms with van der Waals surface area (Å²) in [5, 5.41) is 12.5. The molecule has 0 saturated heterocycles. The lowest BCUT2D eigenvalue weighted by Crippen LogP contribution is -2.41. The molecule has 4 heteroatoms. The van der Waals surface area contributed by atoms with Crippen molar-refractivity contribution in [2.75, 3.05) is 6.61 Å². The fourth-order valence-corrected chi connectivity index (χ4v) is 2.92. The average Bonchev–Trinajstić information content (AvgIpc) is 2.63. The lowest BCUT2D eigenvalue weighted by atomic mass is 9.95. The minimum absolute atomic E-state index is 0.0134. The van der Waals surface area contributed by atoms with Crippen molar-refractivity contribution in [2.24, 2.45) is 5.92 Å². The number of nitrogens with one attached hydrogen (secondary N) is 1. The van der Waals surface area contributed by atoms with Crippen LogP contribution >= 0.6 is 0 Å². The summed E-state index contributed by atoms with van der Waals surface area (Å²) in [5.41, 5.74) is 1.14. The fourth-order valence-electron chi connectivity index (χ4n) is 2.92. The van der Waals surface area contributed by atoms with Crippen molar-refractivity contribution in [1.82, 2.24) is 5.32 Å². The van der Waals surface area contributed by atoms with Crippen LogP contribution in [0.1, 0.15) is 48.0 Å². The van der Waals surface area contributed by atoms with E-state index in [1.807, 2.05) is 0 Å². The van der Waals surface area contributed by atoms with E-state index < -0.39 is 0 Å². The van der Waals surface area contributed by atoms with Gasteiger partial charge in [-0.1, -0.05) is 19.3 Å². The number of hydrogen-bond acceptors (Lipinski definition) is 2. The number of benzene rings is 1. The Morgan fingerprint density at radius 3 is 2.80 bits per heavy atom. The van der Waals surface area contributed by atoms with Gasteiger partial charge in [-0.05, 0) is 43.5 Å². The summed E-state index contributed by atoms with van der Waals surface area (Å²) >= 11 is 0. The Hall–Kier alpha value is -1.42. The minimum atomic E-state index is -0.332. The first-order chi connectivity index (χ1) is 9.61. The van der Waals surface area contributed by atoms with Crippen LogP contribution in [-0.2, 0) is 0 Å². The Labute approximate surface area is 119 Å². The van der Waals surface area contributed by atoms with Gasteiger partial charge in [0.2, 0.25) is 0 Å². The third-order valence-corrected chi connectivity index (χ3v) is 4.14. The van der Waals surface area contributed by atoms with Crippen molar-refractivity contribution in [3.8, 4) is 0 Å². The third-order valence-electron chi connectivity index (χ3n) is 4.14. The maximum Gasteiger partial charge on any atom is 0.251 e. The maximum absolute atomic E-state index is 13.1. The highest BCUT2D eigenvalue weighted by atomic mass is 19.1. The third kappa shape index (κ3) is 3.57. The molecule has 0 heterocycles. The van der Waals surface area contributed by atoms with Gasteiger partial charge in [-0.2, -0.15) is 0 Å². The fraction of sp³-hybridized carbons (Fsp3) is 0.562. The van der Waals surface area contributed by atoms with Gasteiger partial charge in [0.05, 0.1) is 0 Å². The van der Waals surface area contributed by atoms with Crippen LogP contribution in [0.5, 0.6) is 0 Å². The van der Waals surface area contributed by atoms with Crippen LogP contribution in [0.3, 0.4) is 0 Å². The quantitative estimate of drug-likeness (QED) is 0.836. The molecule has 110 valence electrons. The second kappa shape index (κ2) is 6.84. The molecule has 2 atom stereocenters. The summed E-state index contributed by atoms with van der Waals surface area (Å²) in [4.78, 5) is 12.3. The summed E-state index contributed by atoms with van der Waals surface area (Å²) in [7, 11) is 0. The van der Waals surface area contributed by atoms with E-state index in [-0.39, 0.29) is 30.3 Å². The Bertz CT molecular complexity index is 476. The zero-order valence-electron chi connectivity index (χ0n) is 11.9. The lowest BCUT2D eigenvalue weighted by molar-refractivity contribution is 0.0899. The molecule has 2 rings (SSSR count). The molecular weight excluding hydrogens is 257 g/mol. The summed E-state index contributed by atoms with van der Waals surface area (Å²) in [6, 6.07) is 4.20. The molecule has 20 heavy (non-hydrogen) atoms. The molecule has 0 bridgehead atoms.